The highest BCUT2D eigenvalue weighted by atomic mass is 35.5. The molecule has 3 amide bonds. The van der Waals surface area contributed by atoms with Gasteiger partial charge in [-0.3, -0.25) is 14.9 Å². The van der Waals surface area contributed by atoms with E-state index in [4.69, 9.17) is 62.7 Å². The summed E-state index contributed by atoms with van der Waals surface area (Å²) >= 11 is 31.2. The van der Waals surface area contributed by atoms with Crippen molar-refractivity contribution in [3.63, 3.8) is 0 Å². The Labute approximate surface area is 262 Å². The number of ether oxygens (including phenoxy) is 1. The Morgan fingerprint density at radius 3 is 2.10 bits per heavy atom. The predicted molar refractivity (Wildman–Crippen MR) is 166 cm³/mol. The van der Waals surface area contributed by atoms with Crippen LogP contribution in [0.25, 0.3) is 0 Å². The molecule has 0 saturated heterocycles. The molecular weight excluding hydrogens is 632 g/mol. The lowest BCUT2D eigenvalue weighted by atomic mass is 10.1. The van der Waals surface area contributed by atoms with Gasteiger partial charge in [0.25, 0.3) is 5.91 Å². The van der Waals surface area contributed by atoms with Crippen molar-refractivity contribution >= 4 is 93.0 Å². The summed E-state index contributed by atoms with van der Waals surface area (Å²) in [6.45, 7) is 7.12. The third kappa shape index (κ3) is 7.40. The lowest BCUT2D eigenvalue weighted by Crippen LogP contribution is -2.27. The zero-order valence-corrected chi connectivity index (χ0v) is 26.2. The van der Waals surface area contributed by atoms with Gasteiger partial charge in [0.15, 0.2) is 0 Å². The average Bonchev–Trinajstić information content (AvgIpc) is 3.44. The number of carbonyl (C=O) groups is 3. The highest BCUT2D eigenvalue weighted by Gasteiger charge is 2.67. The lowest BCUT2D eigenvalue weighted by Gasteiger charge is -2.20. The zero-order chi connectivity index (χ0) is 30.3. The Balaban J connectivity index is 1.41. The van der Waals surface area contributed by atoms with Crippen LogP contribution in [0.2, 0.25) is 15.1 Å². The maximum atomic E-state index is 13.1. The zero-order valence-electron chi connectivity index (χ0n) is 22.4. The fraction of sp³-hybridized carbons (Fsp3) is 0.276. The van der Waals surface area contributed by atoms with Crippen LogP contribution in [0.4, 0.5) is 21.9 Å². The van der Waals surface area contributed by atoms with Crippen LogP contribution in [0.3, 0.4) is 0 Å². The fourth-order valence-corrected chi connectivity index (χ4v) is 5.72. The summed E-state index contributed by atoms with van der Waals surface area (Å²) in [5.74, 6) is -2.16. The molecule has 0 aromatic heterocycles. The van der Waals surface area contributed by atoms with E-state index in [0.29, 0.717) is 28.2 Å². The van der Waals surface area contributed by atoms with E-state index in [1.54, 1.807) is 82.3 Å². The van der Waals surface area contributed by atoms with Crippen molar-refractivity contribution in [3.05, 3.63) is 86.4 Å². The van der Waals surface area contributed by atoms with Gasteiger partial charge in [-0.05, 0) is 87.4 Å². The number of anilines is 3. The molecular formula is C29H26Cl5N3O4. The van der Waals surface area contributed by atoms with Gasteiger partial charge in [-0.1, -0.05) is 40.9 Å². The summed E-state index contributed by atoms with van der Waals surface area (Å²) in [5, 5.41) is 8.95. The standard InChI is InChI=1S/C29H26Cl5N3O4/c1-14-10-18(36-27(40)41-28(2,3)4)8-9-21(14)37-25(38)15-6-5-7-17(11-15)35-26(39)23-22(29(23,33)34)16-12-19(30)24(32)20(31)13-16/h5-13,22-23H,1-4H3,(H,35,39)(H,36,40)(H,37,38)/t22-,23+/m0/s1. The van der Waals surface area contributed by atoms with E-state index in [-0.39, 0.29) is 15.1 Å². The molecule has 0 aliphatic heterocycles. The minimum Gasteiger partial charge on any atom is -0.444 e. The first-order chi connectivity index (χ1) is 19.1. The molecule has 12 heteroatoms. The van der Waals surface area contributed by atoms with Gasteiger partial charge >= 0.3 is 6.09 Å². The molecule has 216 valence electrons. The van der Waals surface area contributed by atoms with Gasteiger partial charge in [0, 0.05) is 28.5 Å². The molecule has 0 heterocycles. The first-order valence-corrected chi connectivity index (χ1v) is 14.3. The third-order valence-corrected chi connectivity index (χ3v) is 8.35. The van der Waals surface area contributed by atoms with Crippen molar-refractivity contribution in [1.82, 2.24) is 0 Å². The molecule has 0 unspecified atom stereocenters. The molecule has 0 spiro atoms. The Morgan fingerprint density at radius 2 is 1.49 bits per heavy atom. The van der Waals surface area contributed by atoms with Crippen LogP contribution in [-0.4, -0.2) is 27.8 Å². The molecule has 3 aromatic rings. The summed E-state index contributed by atoms with van der Waals surface area (Å²) in [4.78, 5) is 38.2. The quantitative estimate of drug-likeness (QED) is 0.182. The highest BCUT2D eigenvalue weighted by molar-refractivity contribution is 6.54. The van der Waals surface area contributed by atoms with Crippen molar-refractivity contribution in [3.8, 4) is 0 Å². The van der Waals surface area contributed by atoms with Gasteiger partial charge in [0.05, 0.1) is 21.0 Å². The van der Waals surface area contributed by atoms with Crippen LogP contribution in [0.15, 0.2) is 54.6 Å². The summed E-state index contributed by atoms with van der Waals surface area (Å²) in [5.41, 5.74) is 2.45. The van der Waals surface area contributed by atoms with Gasteiger partial charge < -0.3 is 15.4 Å². The van der Waals surface area contributed by atoms with Crippen LogP contribution in [0, 0.1) is 12.8 Å². The lowest BCUT2D eigenvalue weighted by molar-refractivity contribution is -0.117. The number of hydrogen-bond donors (Lipinski definition) is 3. The van der Waals surface area contributed by atoms with Crippen LogP contribution >= 0.6 is 58.0 Å². The molecule has 1 saturated carbocycles. The molecule has 4 rings (SSSR count). The number of amides is 3. The molecule has 1 aliphatic rings. The van der Waals surface area contributed by atoms with Crippen LogP contribution in [-0.2, 0) is 9.53 Å². The smallest absolute Gasteiger partial charge is 0.412 e. The topological polar surface area (TPSA) is 96.5 Å². The molecule has 0 bridgehead atoms. The highest BCUT2D eigenvalue weighted by Crippen LogP contribution is 2.65. The van der Waals surface area contributed by atoms with E-state index in [2.05, 4.69) is 16.0 Å². The maximum absolute atomic E-state index is 13.1. The number of benzene rings is 3. The summed E-state index contributed by atoms with van der Waals surface area (Å²) < 4.78 is 3.89. The number of rotatable bonds is 6. The van der Waals surface area contributed by atoms with E-state index in [1.165, 1.54) is 0 Å². The minimum atomic E-state index is -1.37. The van der Waals surface area contributed by atoms with Gasteiger partial charge in [-0.25, -0.2) is 4.79 Å². The second-order valence-electron chi connectivity index (χ2n) is 10.6. The van der Waals surface area contributed by atoms with Crippen molar-refractivity contribution < 1.29 is 19.1 Å². The number of aryl methyl sites for hydroxylation is 1. The van der Waals surface area contributed by atoms with E-state index < -0.39 is 39.7 Å². The number of carbonyl (C=O) groups excluding carboxylic acids is 3. The van der Waals surface area contributed by atoms with Crippen molar-refractivity contribution in [1.29, 1.82) is 0 Å². The second kappa shape index (κ2) is 11.9. The molecule has 3 N–H and O–H groups in total. The first-order valence-electron chi connectivity index (χ1n) is 12.4. The fourth-order valence-electron chi connectivity index (χ4n) is 4.28. The number of hydrogen-bond acceptors (Lipinski definition) is 4. The predicted octanol–water partition coefficient (Wildman–Crippen LogP) is 9.08. The molecule has 7 nitrogen and oxygen atoms in total. The monoisotopic (exact) mass is 655 g/mol. The van der Waals surface area contributed by atoms with Crippen molar-refractivity contribution in [2.24, 2.45) is 5.92 Å². The Hall–Kier alpha value is -2.68. The SMILES string of the molecule is Cc1cc(NC(=O)OC(C)(C)C)ccc1NC(=O)c1cccc(NC(=O)[C@H]2[C@H](c3cc(Cl)c(Cl)c(Cl)c3)C2(Cl)Cl)c1. The molecule has 1 aliphatic carbocycles. The normalized spacial score (nSPS) is 17.4. The number of halogens is 5. The van der Waals surface area contributed by atoms with E-state index in [1.807, 2.05) is 0 Å². The van der Waals surface area contributed by atoms with Crippen LogP contribution in [0.1, 0.15) is 48.2 Å². The maximum Gasteiger partial charge on any atom is 0.412 e. The largest absolute Gasteiger partial charge is 0.444 e. The Bertz CT molecular complexity index is 1510. The van der Waals surface area contributed by atoms with Crippen molar-refractivity contribution in [2.45, 2.75) is 43.5 Å². The van der Waals surface area contributed by atoms with E-state index in [0.717, 1.165) is 5.56 Å². The third-order valence-electron chi connectivity index (χ3n) is 6.21. The van der Waals surface area contributed by atoms with E-state index in [9.17, 15) is 14.4 Å². The van der Waals surface area contributed by atoms with Gasteiger partial charge in [0.2, 0.25) is 5.91 Å². The Kier molecular flexibility index (Phi) is 9.07. The molecule has 1 fully saturated rings. The number of alkyl halides is 2. The molecule has 41 heavy (non-hydrogen) atoms. The summed E-state index contributed by atoms with van der Waals surface area (Å²) in [6.07, 6.45) is -0.577. The van der Waals surface area contributed by atoms with Gasteiger partial charge in [-0.15, -0.1) is 23.2 Å². The first kappa shape index (κ1) is 31.3. The summed E-state index contributed by atoms with van der Waals surface area (Å²) in [7, 11) is 0. The minimum absolute atomic E-state index is 0.201. The van der Waals surface area contributed by atoms with Crippen LogP contribution < -0.4 is 16.0 Å². The summed E-state index contributed by atoms with van der Waals surface area (Å²) in [6, 6.07) is 14.7. The average molecular weight is 658 g/mol. The number of nitrogens with one attached hydrogen (secondary N) is 3. The van der Waals surface area contributed by atoms with Gasteiger partial charge in [0.1, 0.15) is 9.93 Å². The van der Waals surface area contributed by atoms with Crippen LogP contribution in [0.5, 0.6) is 0 Å². The van der Waals surface area contributed by atoms with Gasteiger partial charge in [-0.2, -0.15) is 0 Å². The molecule has 2 atom stereocenters. The van der Waals surface area contributed by atoms with Crippen molar-refractivity contribution in [2.75, 3.05) is 16.0 Å². The molecule has 0 radical (unpaired) electrons. The Morgan fingerprint density at radius 1 is 0.854 bits per heavy atom. The second-order valence-corrected chi connectivity index (χ2v) is 13.2. The molecule has 3 aromatic carbocycles. The van der Waals surface area contributed by atoms with E-state index >= 15 is 0 Å².